The smallest absolute Gasteiger partial charge is 0.305 e. The van der Waals surface area contributed by atoms with Crippen LogP contribution in [-0.2, 0) is 9.53 Å². The summed E-state index contributed by atoms with van der Waals surface area (Å²) in [5.74, 6) is 1.68. The fraction of sp³-hybridized carbons (Fsp3) is 0.370. The number of carbonyl (C=O) groups is 2. The molecule has 2 aromatic carbocycles. The molecule has 1 amide bonds. The van der Waals surface area contributed by atoms with Crippen molar-refractivity contribution in [3.05, 3.63) is 75.3 Å². The molecule has 2 aliphatic rings. The van der Waals surface area contributed by atoms with Crippen molar-refractivity contribution in [2.24, 2.45) is 23.5 Å². The zero-order valence-corrected chi connectivity index (χ0v) is 21.3. The van der Waals surface area contributed by atoms with Crippen LogP contribution < -0.4 is 11.1 Å². The number of methoxy groups -OCH3 is 1. The molecular weight excluding hydrogens is 482 g/mol. The lowest BCUT2D eigenvalue weighted by Crippen LogP contribution is -2.27. The van der Waals surface area contributed by atoms with E-state index >= 15 is 0 Å². The molecule has 4 N–H and O–H groups in total. The molecule has 1 aliphatic carbocycles. The molecule has 2 aromatic rings. The van der Waals surface area contributed by atoms with Crippen molar-refractivity contribution in [1.29, 1.82) is 5.41 Å². The molecule has 8 heteroatoms. The Kier molecular flexibility index (Phi) is 8.19. The summed E-state index contributed by atoms with van der Waals surface area (Å²) in [4.78, 5) is 24.9. The van der Waals surface area contributed by atoms with Crippen molar-refractivity contribution in [3.8, 4) is 0 Å². The van der Waals surface area contributed by atoms with Crippen molar-refractivity contribution in [3.63, 3.8) is 0 Å². The maximum absolute atomic E-state index is 12.4. The Labute approximate surface area is 215 Å². The quantitative estimate of drug-likeness (QED) is 0.319. The number of anilines is 1. The fourth-order valence-electron chi connectivity index (χ4n) is 4.92. The van der Waals surface area contributed by atoms with E-state index in [-0.39, 0.29) is 17.8 Å². The van der Waals surface area contributed by atoms with Crippen LogP contribution in [0, 0.1) is 23.2 Å². The van der Waals surface area contributed by atoms with Crippen LogP contribution in [0.15, 0.2) is 59.1 Å². The predicted molar refractivity (Wildman–Crippen MR) is 142 cm³/mol. The zero-order chi connectivity index (χ0) is 24.9. The Morgan fingerprint density at radius 3 is 2.49 bits per heavy atom. The number of benzene rings is 2. The van der Waals surface area contributed by atoms with Crippen molar-refractivity contribution in [1.82, 2.24) is 0 Å². The Bertz CT molecular complexity index is 1140. The molecule has 35 heavy (non-hydrogen) atoms. The van der Waals surface area contributed by atoms with Gasteiger partial charge in [-0.1, -0.05) is 29.8 Å². The minimum atomic E-state index is -0.238. The average molecular weight is 512 g/mol. The van der Waals surface area contributed by atoms with Gasteiger partial charge in [0.15, 0.2) is 0 Å². The Morgan fingerprint density at radius 1 is 1.11 bits per heavy atom. The van der Waals surface area contributed by atoms with Gasteiger partial charge >= 0.3 is 5.97 Å². The number of carbonyl (C=O) groups excluding carboxylic acids is 2. The number of thioether (sulfide) groups is 1. The summed E-state index contributed by atoms with van der Waals surface area (Å²) < 4.78 is 4.81. The molecule has 0 radical (unpaired) electrons. The average Bonchev–Trinajstić information content (AvgIpc) is 3.25. The van der Waals surface area contributed by atoms with E-state index in [4.69, 9.17) is 27.5 Å². The monoisotopic (exact) mass is 511 g/mol. The molecule has 0 spiro atoms. The lowest BCUT2D eigenvalue weighted by Gasteiger charge is -2.32. The molecule has 4 rings (SSSR count). The zero-order valence-electron chi connectivity index (χ0n) is 19.7. The van der Waals surface area contributed by atoms with E-state index in [0.29, 0.717) is 40.2 Å². The minimum absolute atomic E-state index is 0.130. The SMILES string of the molecule is COC(=O)CC1CCC(C2CSC(C(=N)c3ccc(NC(=O)c4cccc(Cl)c4)cc3)=C2N)CC1. The third kappa shape index (κ3) is 6.08. The summed E-state index contributed by atoms with van der Waals surface area (Å²) in [6.07, 6.45) is 4.64. The molecule has 1 unspecified atom stereocenters. The highest BCUT2D eigenvalue weighted by atomic mass is 35.5. The third-order valence-corrected chi connectivity index (χ3v) is 8.45. The number of allylic oxidation sites excluding steroid dienone is 2. The van der Waals surface area contributed by atoms with Crippen molar-refractivity contribution in [2.45, 2.75) is 32.1 Å². The summed E-state index contributed by atoms with van der Waals surface area (Å²) in [6.45, 7) is 0. The molecular formula is C27H30ClN3O3S. The molecule has 1 fully saturated rings. The van der Waals surface area contributed by atoms with E-state index in [1.54, 1.807) is 48.2 Å². The second-order valence-electron chi connectivity index (χ2n) is 9.18. The number of amides is 1. The third-order valence-electron chi connectivity index (χ3n) is 6.96. The summed E-state index contributed by atoms with van der Waals surface area (Å²) in [6, 6.07) is 14.0. The van der Waals surface area contributed by atoms with Gasteiger partial charge < -0.3 is 15.8 Å². The lowest BCUT2D eigenvalue weighted by atomic mass is 9.74. The Balaban J connectivity index is 1.36. The molecule has 184 valence electrons. The molecule has 0 bridgehead atoms. The van der Waals surface area contributed by atoms with Crippen molar-refractivity contribution >= 4 is 46.6 Å². The van der Waals surface area contributed by atoms with E-state index in [2.05, 4.69) is 5.32 Å². The first kappa shape index (κ1) is 25.3. The highest BCUT2D eigenvalue weighted by molar-refractivity contribution is 8.04. The van der Waals surface area contributed by atoms with Gasteiger partial charge in [0, 0.05) is 45.6 Å². The van der Waals surface area contributed by atoms with Crippen LogP contribution in [0.5, 0.6) is 0 Å². The number of hydrogen-bond acceptors (Lipinski definition) is 6. The van der Waals surface area contributed by atoms with E-state index < -0.39 is 0 Å². The number of rotatable bonds is 7. The molecule has 1 saturated carbocycles. The molecule has 1 heterocycles. The largest absolute Gasteiger partial charge is 0.469 e. The maximum Gasteiger partial charge on any atom is 0.305 e. The van der Waals surface area contributed by atoms with Gasteiger partial charge in [-0.2, -0.15) is 0 Å². The number of nitrogens with two attached hydrogens (primary N) is 1. The van der Waals surface area contributed by atoms with Gasteiger partial charge in [0.2, 0.25) is 0 Å². The summed E-state index contributed by atoms with van der Waals surface area (Å²) in [7, 11) is 1.44. The van der Waals surface area contributed by atoms with Crippen molar-refractivity contribution < 1.29 is 14.3 Å². The highest BCUT2D eigenvalue weighted by Gasteiger charge is 2.35. The normalized spacial score (nSPS) is 22.1. The van der Waals surface area contributed by atoms with Gasteiger partial charge in [-0.15, -0.1) is 11.8 Å². The van der Waals surface area contributed by atoms with Crippen molar-refractivity contribution in [2.75, 3.05) is 18.2 Å². The molecule has 0 saturated heterocycles. The van der Waals surface area contributed by atoms with Crippen LogP contribution in [0.4, 0.5) is 5.69 Å². The number of halogens is 1. The van der Waals surface area contributed by atoms with Crippen LogP contribution in [0.2, 0.25) is 5.02 Å². The van der Waals surface area contributed by atoms with Gasteiger partial charge in [0.25, 0.3) is 5.91 Å². The van der Waals surface area contributed by atoms with Crippen LogP contribution in [0.3, 0.4) is 0 Å². The maximum atomic E-state index is 12.4. The van der Waals surface area contributed by atoms with E-state index in [9.17, 15) is 9.59 Å². The summed E-state index contributed by atoms with van der Waals surface area (Å²) >= 11 is 7.63. The molecule has 1 aliphatic heterocycles. The van der Waals surface area contributed by atoms with Gasteiger partial charge in [-0.3, -0.25) is 15.0 Å². The molecule has 1 atom stereocenters. The Morgan fingerprint density at radius 2 is 1.83 bits per heavy atom. The first-order valence-corrected chi connectivity index (χ1v) is 13.2. The number of hydrogen-bond donors (Lipinski definition) is 3. The number of nitrogens with one attached hydrogen (secondary N) is 2. The molecule has 0 aromatic heterocycles. The summed E-state index contributed by atoms with van der Waals surface area (Å²) in [5, 5.41) is 12.1. The second kappa shape index (κ2) is 11.3. The van der Waals surface area contributed by atoms with Crippen LogP contribution in [0.1, 0.15) is 48.0 Å². The fourth-order valence-corrected chi connectivity index (χ4v) is 6.49. The van der Waals surface area contributed by atoms with Crippen LogP contribution in [0.25, 0.3) is 0 Å². The topological polar surface area (TPSA) is 105 Å². The first-order valence-electron chi connectivity index (χ1n) is 11.8. The van der Waals surface area contributed by atoms with E-state index in [1.165, 1.54) is 7.11 Å². The number of ether oxygens (including phenoxy) is 1. The Hall–Kier alpha value is -2.77. The first-order chi connectivity index (χ1) is 16.9. The predicted octanol–water partition coefficient (Wildman–Crippen LogP) is 5.86. The number of esters is 1. The minimum Gasteiger partial charge on any atom is -0.469 e. The van der Waals surface area contributed by atoms with Gasteiger partial charge in [0.05, 0.1) is 17.7 Å². The van der Waals surface area contributed by atoms with Gasteiger partial charge in [0.1, 0.15) is 0 Å². The standard InChI is InChI=1S/C27H30ClN3O3S/c1-34-23(32)13-16-5-7-17(8-6-16)22-15-35-26(25(22)30)24(29)18-9-11-21(12-10-18)31-27(33)19-3-2-4-20(28)14-19/h2-4,9-12,14,16-17,22,29H,5-8,13,15,30H2,1H3,(H,31,33). The second-order valence-corrected chi connectivity index (χ2v) is 10.6. The van der Waals surface area contributed by atoms with Crippen LogP contribution >= 0.6 is 23.4 Å². The lowest BCUT2D eigenvalue weighted by molar-refractivity contribution is -0.142. The summed E-state index contributed by atoms with van der Waals surface area (Å²) in [5.41, 5.74) is 9.71. The van der Waals surface area contributed by atoms with Gasteiger partial charge in [-0.05, 0) is 67.9 Å². The van der Waals surface area contributed by atoms with E-state index in [0.717, 1.165) is 47.6 Å². The van der Waals surface area contributed by atoms with E-state index in [1.807, 2.05) is 12.1 Å². The van der Waals surface area contributed by atoms with Gasteiger partial charge in [-0.25, -0.2) is 0 Å². The molecule has 6 nitrogen and oxygen atoms in total. The van der Waals surface area contributed by atoms with Crippen LogP contribution in [-0.4, -0.2) is 30.5 Å². The highest BCUT2D eigenvalue weighted by Crippen LogP contribution is 2.44.